The second kappa shape index (κ2) is 5.97. The van der Waals surface area contributed by atoms with Gasteiger partial charge in [0.15, 0.2) is 0 Å². The molecule has 108 valence electrons. The van der Waals surface area contributed by atoms with Gasteiger partial charge in [-0.05, 0) is 25.5 Å². The Morgan fingerprint density at radius 3 is 2.20 bits per heavy atom. The van der Waals surface area contributed by atoms with Gasteiger partial charge in [-0.2, -0.15) is 11.8 Å². The molecule has 1 aromatic carbocycles. The summed E-state index contributed by atoms with van der Waals surface area (Å²) in [6, 6.07) is 6.91. The van der Waals surface area contributed by atoms with Gasteiger partial charge in [-0.3, -0.25) is 14.5 Å². The Bertz CT molecular complexity index is 491. The summed E-state index contributed by atoms with van der Waals surface area (Å²) >= 11 is 1.60. The first kappa shape index (κ1) is 15.1. The highest BCUT2D eigenvalue weighted by atomic mass is 32.2. The van der Waals surface area contributed by atoms with Crippen LogP contribution in [0.1, 0.15) is 41.0 Å². The van der Waals surface area contributed by atoms with Crippen molar-refractivity contribution in [3.8, 4) is 0 Å². The van der Waals surface area contributed by atoms with Crippen LogP contribution in [0.15, 0.2) is 24.3 Å². The lowest BCUT2D eigenvalue weighted by Gasteiger charge is -2.25. The molecule has 1 heterocycles. The fourth-order valence-corrected chi connectivity index (χ4v) is 3.15. The lowest BCUT2D eigenvalue weighted by atomic mass is 10.1. The van der Waals surface area contributed by atoms with Crippen LogP contribution in [0.5, 0.6) is 0 Å². The van der Waals surface area contributed by atoms with E-state index in [4.69, 9.17) is 0 Å². The second-order valence-corrected chi connectivity index (χ2v) is 6.80. The van der Waals surface area contributed by atoms with Crippen LogP contribution in [0.2, 0.25) is 0 Å². The lowest BCUT2D eigenvalue weighted by Crippen LogP contribution is -2.33. The summed E-state index contributed by atoms with van der Waals surface area (Å²) in [5, 5.41) is 9.35. The molecule has 0 spiro atoms. The van der Waals surface area contributed by atoms with Gasteiger partial charge in [0.1, 0.15) is 0 Å². The quantitative estimate of drug-likeness (QED) is 0.817. The molecule has 0 saturated carbocycles. The minimum atomic E-state index is -0.214. The first-order chi connectivity index (χ1) is 9.52. The highest BCUT2D eigenvalue weighted by Gasteiger charge is 2.35. The Kier molecular flexibility index (Phi) is 4.50. The fraction of sp³-hybridized carbons (Fsp3) is 0.467. The van der Waals surface area contributed by atoms with E-state index < -0.39 is 0 Å². The highest BCUT2D eigenvalue weighted by Crippen LogP contribution is 2.29. The molecule has 0 bridgehead atoms. The van der Waals surface area contributed by atoms with Gasteiger partial charge >= 0.3 is 0 Å². The third kappa shape index (κ3) is 2.74. The summed E-state index contributed by atoms with van der Waals surface area (Å²) in [7, 11) is 0. The van der Waals surface area contributed by atoms with Gasteiger partial charge in [0.05, 0.1) is 17.7 Å². The number of carbonyl (C=O) groups excluding carboxylic acids is 2. The normalized spacial score (nSPS) is 17.2. The number of amides is 2. The van der Waals surface area contributed by atoms with Crippen molar-refractivity contribution < 1.29 is 14.7 Å². The van der Waals surface area contributed by atoms with Crippen molar-refractivity contribution in [1.82, 2.24) is 4.90 Å². The average molecular weight is 293 g/mol. The molecule has 1 N–H and O–H groups in total. The molecule has 0 saturated heterocycles. The van der Waals surface area contributed by atoms with E-state index in [0.29, 0.717) is 23.4 Å². The molecule has 4 nitrogen and oxygen atoms in total. The number of nitrogens with zero attached hydrogens (tertiary/aromatic N) is 1. The minimum Gasteiger partial charge on any atom is -0.395 e. The standard InChI is InChI=1S/C15H19NO3S/c1-3-15(2,10-17)20-9-8-16-13(18)11-6-4-5-7-12(11)14(16)19/h4-7,17H,3,8-10H2,1-2H3. The number of imide groups is 1. The van der Waals surface area contributed by atoms with Crippen LogP contribution in [-0.4, -0.2) is 45.5 Å². The third-order valence-electron chi connectivity index (χ3n) is 3.73. The van der Waals surface area contributed by atoms with Crippen molar-refractivity contribution >= 4 is 23.6 Å². The first-order valence-corrected chi connectivity index (χ1v) is 7.71. The SMILES string of the molecule is CCC(C)(CO)SCCN1C(=O)c2ccccc2C1=O. The Morgan fingerprint density at radius 2 is 1.75 bits per heavy atom. The molecule has 1 aliphatic rings. The van der Waals surface area contributed by atoms with E-state index in [1.54, 1.807) is 36.0 Å². The van der Waals surface area contributed by atoms with Gasteiger partial charge in [0.25, 0.3) is 11.8 Å². The minimum absolute atomic E-state index is 0.0935. The summed E-state index contributed by atoms with van der Waals surface area (Å²) in [5.41, 5.74) is 0.978. The molecule has 0 aliphatic carbocycles. The van der Waals surface area contributed by atoms with Crippen molar-refractivity contribution in [3.63, 3.8) is 0 Å². The van der Waals surface area contributed by atoms with Gasteiger partial charge < -0.3 is 5.11 Å². The van der Waals surface area contributed by atoms with E-state index in [2.05, 4.69) is 0 Å². The number of fused-ring (bicyclic) bond motifs is 1. The predicted octanol–water partition coefficient (Wildman–Crippen LogP) is 2.18. The first-order valence-electron chi connectivity index (χ1n) is 6.72. The Balaban J connectivity index is 1.99. The van der Waals surface area contributed by atoms with Crippen molar-refractivity contribution in [3.05, 3.63) is 35.4 Å². The lowest BCUT2D eigenvalue weighted by molar-refractivity contribution is 0.0664. The van der Waals surface area contributed by atoms with Gasteiger partial charge in [-0.15, -0.1) is 0 Å². The number of hydrogen-bond donors (Lipinski definition) is 1. The molecule has 1 aromatic rings. The number of thioether (sulfide) groups is 1. The molecule has 0 fully saturated rings. The zero-order chi connectivity index (χ0) is 14.8. The average Bonchev–Trinajstić information content (AvgIpc) is 2.72. The molecule has 1 unspecified atom stereocenters. The summed E-state index contributed by atoms with van der Waals surface area (Å²) in [5.74, 6) is 0.206. The monoisotopic (exact) mass is 293 g/mol. The van der Waals surface area contributed by atoms with Gasteiger partial charge in [0.2, 0.25) is 0 Å². The number of hydrogen-bond acceptors (Lipinski definition) is 4. The number of benzene rings is 1. The fourth-order valence-electron chi connectivity index (χ4n) is 2.09. The van der Waals surface area contributed by atoms with Gasteiger partial charge in [0, 0.05) is 17.0 Å². The number of carbonyl (C=O) groups is 2. The van der Waals surface area contributed by atoms with E-state index in [1.165, 1.54) is 4.90 Å². The van der Waals surface area contributed by atoms with E-state index >= 15 is 0 Å². The van der Waals surface area contributed by atoms with Crippen LogP contribution in [0.25, 0.3) is 0 Å². The number of aliphatic hydroxyl groups excluding tert-OH is 1. The topological polar surface area (TPSA) is 57.6 Å². The summed E-state index contributed by atoms with van der Waals surface area (Å²) in [4.78, 5) is 25.6. The van der Waals surface area contributed by atoms with Gasteiger partial charge in [-0.25, -0.2) is 0 Å². The summed E-state index contributed by atoms with van der Waals surface area (Å²) < 4.78 is -0.210. The second-order valence-electron chi connectivity index (χ2n) is 5.12. The predicted molar refractivity (Wildman–Crippen MR) is 80.0 cm³/mol. The molecule has 1 aliphatic heterocycles. The number of rotatable bonds is 6. The maximum Gasteiger partial charge on any atom is 0.261 e. The van der Waals surface area contributed by atoms with Crippen LogP contribution in [-0.2, 0) is 0 Å². The molecular weight excluding hydrogens is 274 g/mol. The van der Waals surface area contributed by atoms with Crippen molar-refractivity contribution in [2.75, 3.05) is 18.9 Å². The summed E-state index contributed by atoms with van der Waals surface area (Å²) in [6.45, 7) is 4.48. The highest BCUT2D eigenvalue weighted by molar-refractivity contribution is 8.00. The molecule has 1 atom stereocenters. The molecule has 0 aromatic heterocycles. The van der Waals surface area contributed by atoms with Crippen LogP contribution >= 0.6 is 11.8 Å². The Labute approximate surface area is 123 Å². The zero-order valence-corrected chi connectivity index (χ0v) is 12.6. The van der Waals surface area contributed by atoms with Crippen molar-refractivity contribution in [2.45, 2.75) is 25.0 Å². The van der Waals surface area contributed by atoms with E-state index in [9.17, 15) is 14.7 Å². The van der Waals surface area contributed by atoms with E-state index in [1.807, 2.05) is 13.8 Å². The molecule has 2 rings (SSSR count). The maximum absolute atomic E-state index is 12.1. The Morgan fingerprint density at radius 1 is 1.20 bits per heavy atom. The van der Waals surface area contributed by atoms with E-state index in [0.717, 1.165) is 6.42 Å². The number of aliphatic hydroxyl groups is 1. The van der Waals surface area contributed by atoms with Crippen LogP contribution in [0.3, 0.4) is 0 Å². The maximum atomic E-state index is 12.1. The van der Waals surface area contributed by atoms with Gasteiger partial charge in [-0.1, -0.05) is 19.1 Å². The summed E-state index contributed by atoms with van der Waals surface area (Å²) in [6.07, 6.45) is 0.844. The van der Waals surface area contributed by atoms with Crippen LogP contribution in [0.4, 0.5) is 0 Å². The van der Waals surface area contributed by atoms with E-state index in [-0.39, 0.29) is 23.2 Å². The molecule has 5 heteroatoms. The smallest absolute Gasteiger partial charge is 0.261 e. The Hall–Kier alpha value is -1.33. The van der Waals surface area contributed by atoms with Crippen molar-refractivity contribution in [1.29, 1.82) is 0 Å². The van der Waals surface area contributed by atoms with Crippen molar-refractivity contribution in [2.24, 2.45) is 0 Å². The largest absolute Gasteiger partial charge is 0.395 e. The van der Waals surface area contributed by atoms with Crippen LogP contribution < -0.4 is 0 Å². The molecular formula is C15H19NO3S. The molecule has 2 amide bonds. The molecule has 20 heavy (non-hydrogen) atoms. The zero-order valence-electron chi connectivity index (χ0n) is 11.8. The van der Waals surface area contributed by atoms with Crippen LogP contribution in [0, 0.1) is 0 Å². The third-order valence-corrected chi connectivity index (χ3v) is 5.23. The molecule has 0 radical (unpaired) electrons.